The zero-order chi connectivity index (χ0) is 29.2. The molecule has 0 spiro atoms. The van der Waals surface area contributed by atoms with E-state index in [0.717, 1.165) is 24.8 Å². The second-order valence-electron chi connectivity index (χ2n) is 8.21. The Morgan fingerprint density at radius 1 is 1.08 bits per heavy atom. The van der Waals surface area contributed by atoms with Crippen molar-refractivity contribution in [3.05, 3.63) is 35.9 Å². The summed E-state index contributed by atoms with van der Waals surface area (Å²) in [5.74, 6) is -2.76. The van der Waals surface area contributed by atoms with E-state index in [2.05, 4.69) is 20.0 Å². The van der Waals surface area contributed by atoms with Crippen LogP contribution < -0.4 is 19.7 Å². The lowest BCUT2D eigenvalue weighted by atomic mass is 9.99. The number of aliphatic carboxylic acids is 2. The number of carbonyl (C=O) groups is 2. The van der Waals surface area contributed by atoms with E-state index in [1.54, 1.807) is 18.2 Å². The number of nitrogens with zero attached hydrogens (tertiary/aromatic N) is 3. The molecule has 2 heterocycles. The molecule has 16 heteroatoms. The molecule has 0 amide bonds. The Morgan fingerprint density at radius 2 is 1.72 bits per heavy atom. The van der Waals surface area contributed by atoms with Crippen LogP contribution in [0, 0.1) is 0 Å². The van der Waals surface area contributed by atoms with E-state index in [0.29, 0.717) is 31.1 Å². The van der Waals surface area contributed by atoms with E-state index in [-0.39, 0.29) is 24.2 Å². The molecular weight excluding hydrogens is 542 g/mol. The van der Waals surface area contributed by atoms with Crippen molar-refractivity contribution in [3.63, 3.8) is 0 Å². The number of benzene rings is 1. The number of aromatic nitrogens is 2. The minimum atomic E-state index is -5.08. The van der Waals surface area contributed by atoms with Gasteiger partial charge in [-0.25, -0.2) is 4.79 Å². The highest BCUT2D eigenvalue weighted by Gasteiger charge is 2.38. The van der Waals surface area contributed by atoms with E-state index in [4.69, 9.17) is 14.6 Å². The fraction of sp³-hybridized carbons (Fsp3) is 0.478. The van der Waals surface area contributed by atoms with Crippen LogP contribution in [0.25, 0.3) is 0 Å². The maximum Gasteiger partial charge on any atom is 0.573 e. The first-order valence-electron chi connectivity index (χ1n) is 11.5. The maximum atomic E-state index is 12.3. The van der Waals surface area contributed by atoms with Crippen LogP contribution in [0.4, 0.5) is 38.0 Å². The molecule has 0 bridgehead atoms. The van der Waals surface area contributed by atoms with Gasteiger partial charge in [0.1, 0.15) is 17.4 Å². The van der Waals surface area contributed by atoms with Gasteiger partial charge in [-0.2, -0.15) is 23.1 Å². The summed E-state index contributed by atoms with van der Waals surface area (Å²) in [5, 5.41) is 19.5. The third kappa shape index (κ3) is 11.1. The Hall–Kier alpha value is -3.98. The fourth-order valence-electron chi connectivity index (χ4n) is 3.65. The summed E-state index contributed by atoms with van der Waals surface area (Å²) in [5.41, 5.74) is 0.825. The maximum absolute atomic E-state index is 12.3. The molecule has 1 saturated heterocycles. The lowest BCUT2D eigenvalue weighted by molar-refractivity contribution is -0.274. The molecule has 39 heavy (non-hydrogen) atoms. The molecule has 2 aromatic rings. The highest BCUT2D eigenvalue weighted by atomic mass is 19.4. The zero-order valence-corrected chi connectivity index (χ0v) is 20.6. The molecule has 3 N–H and O–H groups in total. The van der Waals surface area contributed by atoms with Crippen molar-refractivity contribution in [1.29, 1.82) is 0 Å². The molecule has 1 aromatic heterocycles. The van der Waals surface area contributed by atoms with Crippen molar-refractivity contribution in [2.24, 2.45) is 0 Å². The van der Waals surface area contributed by atoms with Gasteiger partial charge in [-0.3, -0.25) is 4.79 Å². The lowest BCUT2D eigenvalue weighted by Crippen LogP contribution is -2.41. The number of hydrogen-bond acceptors (Lipinski definition) is 8. The molecule has 0 radical (unpaired) electrons. The standard InChI is InChI=1S/C21H25F3N4O4.C2HF3O2/c1-31-20-26-17(13-18(27-20)28-11-3-2-4-15(28)12-19(29)30)25-10-9-14-5-7-16(8-6-14)32-21(22,23)24;3-2(4,5)1(6)7/h5-8,13,15H,2-4,9-12H2,1H3,(H,29,30)(H,25,26,27);(H,6,7). The minimum absolute atomic E-state index is 0.0309. The summed E-state index contributed by atoms with van der Waals surface area (Å²) in [7, 11) is 1.46. The van der Waals surface area contributed by atoms with Crippen LogP contribution in [0.1, 0.15) is 31.2 Å². The van der Waals surface area contributed by atoms with Crippen molar-refractivity contribution in [3.8, 4) is 11.8 Å². The summed E-state index contributed by atoms with van der Waals surface area (Å²) in [6.45, 7) is 1.17. The Kier molecular flexibility index (Phi) is 11.0. The lowest BCUT2D eigenvalue weighted by Gasteiger charge is -2.36. The smallest absolute Gasteiger partial charge is 0.481 e. The van der Waals surface area contributed by atoms with Gasteiger partial charge in [-0.05, 0) is 43.4 Å². The van der Waals surface area contributed by atoms with Gasteiger partial charge in [0.15, 0.2) is 0 Å². The average Bonchev–Trinajstić information content (AvgIpc) is 2.84. The van der Waals surface area contributed by atoms with Crippen molar-refractivity contribution in [2.45, 2.75) is 50.7 Å². The Bertz CT molecular complexity index is 1100. The van der Waals surface area contributed by atoms with Gasteiger partial charge in [0.05, 0.1) is 13.5 Å². The largest absolute Gasteiger partial charge is 0.573 e. The predicted octanol–water partition coefficient (Wildman–Crippen LogP) is 4.51. The van der Waals surface area contributed by atoms with Crippen LogP contribution in [-0.4, -0.2) is 70.9 Å². The molecule has 10 nitrogen and oxygen atoms in total. The van der Waals surface area contributed by atoms with E-state index in [1.165, 1.54) is 19.2 Å². The number of rotatable bonds is 9. The molecule has 0 saturated carbocycles. The van der Waals surface area contributed by atoms with Crippen molar-refractivity contribution < 1.29 is 55.6 Å². The van der Waals surface area contributed by atoms with Crippen molar-refractivity contribution >= 4 is 23.6 Å². The molecule has 0 aliphatic carbocycles. The monoisotopic (exact) mass is 568 g/mol. The molecule has 1 unspecified atom stereocenters. The number of hydrogen-bond donors (Lipinski definition) is 3. The second kappa shape index (κ2) is 13.7. The molecule has 216 valence electrons. The number of piperidine rings is 1. The van der Waals surface area contributed by atoms with Gasteiger partial charge >= 0.3 is 30.5 Å². The minimum Gasteiger partial charge on any atom is -0.481 e. The Morgan fingerprint density at radius 3 is 2.26 bits per heavy atom. The summed E-state index contributed by atoms with van der Waals surface area (Å²) in [4.78, 5) is 30.8. The quantitative estimate of drug-likeness (QED) is 0.371. The van der Waals surface area contributed by atoms with Crippen LogP contribution in [-0.2, 0) is 16.0 Å². The molecule has 1 fully saturated rings. The number of carboxylic acid groups (broad SMARTS) is 2. The van der Waals surface area contributed by atoms with Crippen molar-refractivity contribution in [1.82, 2.24) is 9.97 Å². The third-order valence-corrected chi connectivity index (χ3v) is 5.33. The molecule has 3 rings (SSSR count). The average molecular weight is 568 g/mol. The van der Waals surface area contributed by atoms with E-state index in [9.17, 15) is 36.2 Å². The second-order valence-corrected chi connectivity index (χ2v) is 8.21. The number of alkyl halides is 6. The first kappa shape index (κ1) is 31.2. The van der Waals surface area contributed by atoms with Gasteiger partial charge in [-0.15, -0.1) is 13.2 Å². The Labute approximate surface area is 218 Å². The van der Waals surface area contributed by atoms with Crippen LogP contribution in [0.5, 0.6) is 11.8 Å². The first-order chi connectivity index (χ1) is 18.2. The van der Waals surface area contributed by atoms with E-state index < -0.39 is 24.5 Å². The van der Waals surface area contributed by atoms with Gasteiger partial charge in [-0.1, -0.05) is 12.1 Å². The third-order valence-electron chi connectivity index (χ3n) is 5.33. The topological polar surface area (TPSA) is 134 Å². The normalized spacial score (nSPS) is 15.6. The summed E-state index contributed by atoms with van der Waals surface area (Å²) in [6, 6.07) is 7.45. The van der Waals surface area contributed by atoms with Gasteiger partial charge < -0.3 is 29.9 Å². The predicted molar refractivity (Wildman–Crippen MR) is 125 cm³/mol. The molecule has 1 aliphatic rings. The van der Waals surface area contributed by atoms with Crippen LogP contribution in [0.2, 0.25) is 0 Å². The number of methoxy groups -OCH3 is 1. The van der Waals surface area contributed by atoms with Crippen LogP contribution in [0.15, 0.2) is 30.3 Å². The zero-order valence-electron chi connectivity index (χ0n) is 20.6. The molecule has 1 aromatic carbocycles. The highest BCUT2D eigenvalue weighted by molar-refractivity contribution is 5.73. The number of ether oxygens (including phenoxy) is 2. The van der Waals surface area contributed by atoms with Crippen LogP contribution in [0.3, 0.4) is 0 Å². The highest BCUT2D eigenvalue weighted by Crippen LogP contribution is 2.28. The van der Waals surface area contributed by atoms with Crippen molar-refractivity contribution in [2.75, 3.05) is 30.4 Å². The summed E-state index contributed by atoms with van der Waals surface area (Å²) < 4.78 is 77.6. The molecular formula is C23H26F6N4O6. The summed E-state index contributed by atoms with van der Waals surface area (Å²) >= 11 is 0. The Balaban J connectivity index is 0.000000673. The van der Waals surface area contributed by atoms with Gasteiger partial charge in [0, 0.05) is 25.2 Å². The summed E-state index contributed by atoms with van der Waals surface area (Å²) in [6.07, 6.45) is -6.55. The van der Waals surface area contributed by atoms with E-state index >= 15 is 0 Å². The van der Waals surface area contributed by atoms with Gasteiger partial charge in [0.2, 0.25) is 0 Å². The molecule has 1 atom stereocenters. The molecule has 1 aliphatic heterocycles. The number of halogens is 6. The number of nitrogens with one attached hydrogen (secondary N) is 1. The number of anilines is 2. The number of carboxylic acids is 2. The first-order valence-corrected chi connectivity index (χ1v) is 11.5. The SMILES string of the molecule is COc1nc(NCCc2ccc(OC(F)(F)F)cc2)cc(N2CCCCC2CC(=O)O)n1.O=C(O)C(F)(F)F. The van der Waals surface area contributed by atoms with E-state index in [1.807, 2.05) is 4.90 Å². The van der Waals surface area contributed by atoms with Crippen LogP contribution >= 0.6 is 0 Å². The van der Waals surface area contributed by atoms with Gasteiger partial charge in [0.25, 0.3) is 0 Å². The fourth-order valence-corrected chi connectivity index (χ4v) is 3.65.